The summed E-state index contributed by atoms with van der Waals surface area (Å²) in [6.07, 6.45) is 4.17. The summed E-state index contributed by atoms with van der Waals surface area (Å²) in [6, 6.07) is 5.35. The molecule has 1 aliphatic rings. The maximum absolute atomic E-state index is 11.9. The number of aliphatic hydroxyl groups excluding tert-OH is 1. The zero-order valence-electron chi connectivity index (χ0n) is 13.4. The number of hydrogen-bond donors (Lipinski definition) is 2. The Morgan fingerprint density at radius 2 is 2.17 bits per heavy atom. The summed E-state index contributed by atoms with van der Waals surface area (Å²) in [6.45, 7) is 3.58. The summed E-state index contributed by atoms with van der Waals surface area (Å²) in [5, 5.41) is 20.0. The fraction of sp³-hybridized carbons (Fsp3) is 0.500. The van der Waals surface area contributed by atoms with Crippen LogP contribution in [-0.4, -0.2) is 34.3 Å². The second-order valence-electron chi connectivity index (χ2n) is 6.31. The number of piperidine rings is 1. The zero-order valence-corrected chi connectivity index (χ0v) is 13.4. The number of fused-ring (bicyclic) bond motifs is 1. The first-order chi connectivity index (χ1) is 11.1. The highest BCUT2D eigenvalue weighted by Gasteiger charge is 2.23. The van der Waals surface area contributed by atoms with E-state index in [-0.39, 0.29) is 12.4 Å². The second-order valence-corrected chi connectivity index (χ2v) is 6.31. The van der Waals surface area contributed by atoms with Crippen molar-refractivity contribution in [2.45, 2.75) is 45.2 Å². The van der Waals surface area contributed by atoms with Crippen LogP contribution in [0, 0.1) is 6.92 Å². The molecule has 0 saturated carbocycles. The fourth-order valence-corrected chi connectivity index (χ4v) is 3.51. The molecule has 0 radical (unpaired) electrons. The molecule has 1 atom stereocenters. The van der Waals surface area contributed by atoms with Gasteiger partial charge in [0, 0.05) is 36.2 Å². The van der Waals surface area contributed by atoms with Crippen molar-refractivity contribution < 1.29 is 14.6 Å². The first kappa shape index (κ1) is 16.0. The highest BCUT2D eigenvalue weighted by atomic mass is 16.4. The van der Waals surface area contributed by atoms with Gasteiger partial charge in [0.1, 0.15) is 11.3 Å². The Bertz CT molecular complexity index is 751. The normalized spacial score (nSPS) is 19.3. The van der Waals surface area contributed by atoms with Gasteiger partial charge >= 0.3 is 5.63 Å². The molecule has 2 heterocycles. The number of benzene rings is 1. The van der Waals surface area contributed by atoms with Crippen LogP contribution in [0.4, 0.5) is 0 Å². The van der Waals surface area contributed by atoms with Gasteiger partial charge in [-0.25, -0.2) is 4.79 Å². The van der Waals surface area contributed by atoms with E-state index in [0.717, 1.165) is 36.8 Å². The lowest BCUT2D eigenvalue weighted by molar-refractivity contribution is 0.113. The lowest BCUT2D eigenvalue weighted by Gasteiger charge is -2.35. The molecular formula is C18H23NO4. The number of likely N-dealkylation sites (tertiary alicyclic amines) is 1. The van der Waals surface area contributed by atoms with Crippen LogP contribution in [0.5, 0.6) is 5.75 Å². The molecule has 124 valence electrons. The van der Waals surface area contributed by atoms with Crippen LogP contribution in [0.15, 0.2) is 27.4 Å². The molecule has 5 heteroatoms. The summed E-state index contributed by atoms with van der Waals surface area (Å²) < 4.78 is 5.30. The van der Waals surface area contributed by atoms with E-state index in [9.17, 15) is 15.0 Å². The van der Waals surface area contributed by atoms with Crippen molar-refractivity contribution in [1.29, 1.82) is 0 Å². The Labute approximate surface area is 135 Å². The minimum atomic E-state index is -0.392. The average molecular weight is 317 g/mol. The van der Waals surface area contributed by atoms with Crippen LogP contribution in [-0.2, 0) is 6.54 Å². The second kappa shape index (κ2) is 6.72. The largest absolute Gasteiger partial charge is 0.508 e. The highest BCUT2D eigenvalue weighted by molar-refractivity contribution is 5.84. The standard InChI is InChI=1S/C18H23NO4/c1-12-16(21)6-5-15-13(10-17(22)23-18(12)15)11-19-8-3-2-4-14(19)7-9-20/h5-6,10,14,20-21H,2-4,7-9,11H2,1H3. The van der Waals surface area contributed by atoms with Crippen LogP contribution in [0.2, 0.25) is 0 Å². The van der Waals surface area contributed by atoms with Crippen molar-refractivity contribution in [3.63, 3.8) is 0 Å². The van der Waals surface area contributed by atoms with E-state index in [2.05, 4.69) is 4.90 Å². The van der Waals surface area contributed by atoms with Crippen LogP contribution < -0.4 is 5.63 Å². The number of hydrogen-bond acceptors (Lipinski definition) is 5. The monoisotopic (exact) mass is 317 g/mol. The molecule has 5 nitrogen and oxygen atoms in total. The summed E-state index contributed by atoms with van der Waals surface area (Å²) in [7, 11) is 0. The van der Waals surface area contributed by atoms with Crippen LogP contribution in [0.3, 0.4) is 0 Å². The first-order valence-corrected chi connectivity index (χ1v) is 8.20. The lowest BCUT2D eigenvalue weighted by atomic mass is 9.98. The van der Waals surface area contributed by atoms with Crippen molar-refractivity contribution in [1.82, 2.24) is 4.90 Å². The molecule has 23 heavy (non-hydrogen) atoms. The number of aliphatic hydroxyl groups is 1. The van der Waals surface area contributed by atoms with E-state index in [0.29, 0.717) is 23.7 Å². The minimum Gasteiger partial charge on any atom is -0.508 e. The quantitative estimate of drug-likeness (QED) is 0.848. The van der Waals surface area contributed by atoms with Crippen LogP contribution >= 0.6 is 0 Å². The van der Waals surface area contributed by atoms with Gasteiger partial charge in [-0.05, 0) is 50.4 Å². The molecule has 3 rings (SSSR count). The van der Waals surface area contributed by atoms with E-state index in [1.165, 1.54) is 6.42 Å². The number of phenolic OH excluding ortho intramolecular Hbond substituents is 1. The van der Waals surface area contributed by atoms with E-state index >= 15 is 0 Å². The number of phenols is 1. The van der Waals surface area contributed by atoms with Crippen molar-refractivity contribution >= 4 is 11.0 Å². The maximum Gasteiger partial charge on any atom is 0.336 e. The van der Waals surface area contributed by atoms with E-state index in [4.69, 9.17) is 4.42 Å². The van der Waals surface area contributed by atoms with Gasteiger partial charge in [0.2, 0.25) is 0 Å². The number of nitrogens with zero attached hydrogens (tertiary/aromatic N) is 1. The Morgan fingerprint density at radius 1 is 1.35 bits per heavy atom. The molecule has 1 unspecified atom stereocenters. The van der Waals surface area contributed by atoms with Gasteiger partial charge in [-0.15, -0.1) is 0 Å². The molecular weight excluding hydrogens is 294 g/mol. The number of aromatic hydroxyl groups is 1. The number of rotatable bonds is 4. The molecule has 0 aliphatic carbocycles. The molecule has 2 aromatic rings. The smallest absolute Gasteiger partial charge is 0.336 e. The van der Waals surface area contributed by atoms with Gasteiger partial charge in [-0.3, -0.25) is 4.90 Å². The number of aryl methyl sites for hydroxylation is 1. The predicted molar refractivity (Wildman–Crippen MR) is 88.6 cm³/mol. The SMILES string of the molecule is Cc1c(O)ccc2c(CN3CCCCC3CCO)cc(=O)oc12. The molecule has 0 spiro atoms. The zero-order chi connectivity index (χ0) is 16.4. The van der Waals surface area contributed by atoms with E-state index < -0.39 is 5.63 Å². The van der Waals surface area contributed by atoms with Crippen molar-refractivity contribution in [2.75, 3.05) is 13.2 Å². The predicted octanol–water partition coefficient (Wildman–Crippen LogP) is 2.54. The summed E-state index contributed by atoms with van der Waals surface area (Å²) in [4.78, 5) is 14.3. The van der Waals surface area contributed by atoms with Crippen molar-refractivity contribution in [3.05, 3.63) is 39.7 Å². The fourth-order valence-electron chi connectivity index (χ4n) is 3.51. The van der Waals surface area contributed by atoms with Crippen LogP contribution in [0.25, 0.3) is 11.0 Å². The summed E-state index contributed by atoms with van der Waals surface area (Å²) >= 11 is 0. The molecule has 1 aromatic heterocycles. The van der Waals surface area contributed by atoms with Gasteiger partial charge in [0.05, 0.1) is 0 Å². The van der Waals surface area contributed by atoms with E-state index in [1.807, 2.05) is 0 Å². The third-order valence-electron chi connectivity index (χ3n) is 4.80. The average Bonchev–Trinajstić information content (AvgIpc) is 2.53. The van der Waals surface area contributed by atoms with Crippen molar-refractivity contribution in [2.24, 2.45) is 0 Å². The Morgan fingerprint density at radius 3 is 2.96 bits per heavy atom. The lowest BCUT2D eigenvalue weighted by Crippen LogP contribution is -2.39. The third-order valence-corrected chi connectivity index (χ3v) is 4.80. The van der Waals surface area contributed by atoms with Gasteiger partial charge in [-0.1, -0.05) is 6.42 Å². The molecule has 1 saturated heterocycles. The first-order valence-electron chi connectivity index (χ1n) is 8.20. The molecule has 1 aromatic carbocycles. The molecule has 2 N–H and O–H groups in total. The molecule has 0 amide bonds. The minimum absolute atomic E-state index is 0.133. The van der Waals surface area contributed by atoms with Crippen molar-refractivity contribution in [3.8, 4) is 5.75 Å². The van der Waals surface area contributed by atoms with E-state index in [1.54, 1.807) is 25.1 Å². The summed E-state index contributed by atoms with van der Waals surface area (Å²) in [5.41, 5.74) is 1.58. The Kier molecular flexibility index (Phi) is 4.68. The van der Waals surface area contributed by atoms with Gasteiger partial charge in [-0.2, -0.15) is 0 Å². The maximum atomic E-state index is 11.9. The highest BCUT2D eigenvalue weighted by Crippen LogP contribution is 2.29. The Balaban J connectivity index is 1.99. The molecule has 1 aliphatic heterocycles. The third kappa shape index (κ3) is 3.26. The van der Waals surface area contributed by atoms with Gasteiger partial charge in [0.15, 0.2) is 0 Å². The van der Waals surface area contributed by atoms with Crippen LogP contribution in [0.1, 0.15) is 36.8 Å². The van der Waals surface area contributed by atoms with Gasteiger partial charge < -0.3 is 14.6 Å². The Hall–Kier alpha value is -1.85. The molecule has 1 fully saturated rings. The topological polar surface area (TPSA) is 73.9 Å². The summed E-state index contributed by atoms with van der Waals surface area (Å²) in [5.74, 6) is 0.133. The van der Waals surface area contributed by atoms with Gasteiger partial charge in [0.25, 0.3) is 0 Å². The molecule has 0 bridgehead atoms.